The minimum absolute atomic E-state index is 0.0184. The van der Waals surface area contributed by atoms with Crippen molar-refractivity contribution in [1.29, 1.82) is 0 Å². The van der Waals surface area contributed by atoms with Crippen LogP contribution in [0.15, 0.2) is 24.5 Å². The third kappa shape index (κ3) is 2.80. The SMILES string of the molecule is O=C(c1cccnc1)N1CCC(C(F)(F)F)CC1. The van der Waals surface area contributed by atoms with Crippen molar-refractivity contribution in [2.75, 3.05) is 13.1 Å². The smallest absolute Gasteiger partial charge is 0.339 e. The summed E-state index contributed by atoms with van der Waals surface area (Å²) in [5.74, 6) is -1.53. The van der Waals surface area contributed by atoms with E-state index in [2.05, 4.69) is 4.98 Å². The summed E-state index contributed by atoms with van der Waals surface area (Å²) >= 11 is 0. The normalized spacial score (nSPS) is 17.8. The molecule has 0 atom stereocenters. The number of pyridine rings is 1. The number of hydrogen-bond acceptors (Lipinski definition) is 2. The number of carbonyl (C=O) groups is 1. The van der Waals surface area contributed by atoms with Crippen molar-refractivity contribution in [3.05, 3.63) is 30.1 Å². The van der Waals surface area contributed by atoms with Gasteiger partial charge in [0.2, 0.25) is 0 Å². The maximum absolute atomic E-state index is 12.5. The van der Waals surface area contributed by atoms with E-state index < -0.39 is 12.1 Å². The van der Waals surface area contributed by atoms with E-state index in [-0.39, 0.29) is 31.8 Å². The zero-order chi connectivity index (χ0) is 13.2. The summed E-state index contributed by atoms with van der Waals surface area (Å²) in [6.45, 7) is 0.301. The van der Waals surface area contributed by atoms with Crippen LogP contribution in [0.3, 0.4) is 0 Å². The minimum atomic E-state index is -4.15. The lowest BCUT2D eigenvalue weighted by Crippen LogP contribution is -2.42. The Morgan fingerprint density at radius 1 is 1.33 bits per heavy atom. The highest BCUT2D eigenvalue weighted by Crippen LogP contribution is 2.34. The second-order valence-corrected chi connectivity index (χ2v) is 4.35. The van der Waals surface area contributed by atoms with E-state index >= 15 is 0 Å². The summed E-state index contributed by atoms with van der Waals surface area (Å²) in [6.07, 6.45) is -1.21. The molecule has 0 unspecified atom stereocenters. The van der Waals surface area contributed by atoms with Crippen LogP contribution in [-0.4, -0.2) is 35.1 Å². The van der Waals surface area contributed by atoms with Crippen LogP contribution in [0.4, 0.5) is 13.2 Å². The van der Waals surface area contributed by atoms with Crippen LogP contribution in [0.1, 0.15) is 23.2 Å². The zero-order valence-corrected chi connectivity index (χ0v) is 9.65. The van der Waals surface area contributed by atoms with Gasteiger partial charge in [0.1, 0.15) is 0 Å². The molecule has 18 heavy (non-hydrogen) atoms. The minimum Gasteiger partial charge on any atom is -0.339 e. The van der Waals surface area contributed by atoms with Crippen LogP contribution in [0.25, 0.3) is 0 Å². The second kappa shape index (κ2) is 4.96. The molecule has 1 aliphatic rings. The van der Waals surface area contributed by atoms with Crippen LogP contribution in [0.2, 0.25) is 0 Å². The fraction of sp³-hybridized carbons (Fsp3) is 0.500. The first-order chi connectivity index (χ1) is 8.48. The largest absolute Gasteiger partial charge is 0.391 e. The Bertz CT molecular complexity index is 411. The van der Waals surface area contributed by atoms with Crippen LogP contribution < -0.4 is 0 Å². The Morgan fingerprint density at radius 2 is 2.00 bits per heavy atom. The van der Waals surface area contributed by atoms with Gasteiger partial charge in [-0.15, -0.1) is 0 Å². The van der Waals surface area contributed by atoms with Gasteiger partial charge in [-0.25, -0.2) is 0 Å². The molecule has 1 aliphatic heterocycles. The molecule has 0 radical (unpaired) electrons. The van der Waals surface area contributed by atoms with Gasteiger partial charge in [-0.05, 0) is 25.0 Å². The first-order valence-electron chi connectivity index (χ1n) is 5.74. The van der Waals surface area contributed by atoms with E-state index in [0.29, 0.717) is 5.56 Å². The van der Waals surface area contributed by atoms with Gasteiger partial charge >= 0.3 is 6.18 Å². The molecule has 1 saturated heterocycles. The molecule has 0 aliphatic carbocycles. The predicted molar refractivity (Wildman–Crippen MR) is 58.9 cm³/mol. The molecular formula is C12H13F3N2O. The van der Waals surface area contributed by atoms with Crippen molar-refractivity contribution in [2.45, 2.75) is 19.0 Å². The van der Waals surface area contributed by atoms with Crippen molar-refractivity contribution in [3.8, 4) is 0 Å². The first kappa shape index (κ1) is 12.9. The van der Waals surface area contributed by atoms with Gasteiger partial charge in [-0.2, -0.15) is 13.2 Å². The predicted octanol–water partition coefficient (Wildman–Crippen LogP) is 2.50. The van der Waals surface area contributed by atoms with E-state index in [4.69, 9.17) is 0 Å². The summed E-state index contributed by atoms with van der Waals surface area (Å²) in [5, 5.41) is 0. The molecule has 0 bridgehead atoms. The summed E-state index contributed by atoms with van der Waals surface area (Å²) in [4.78, 5) is 17.2. The van der Waals surface area contributed by atoms with Gasteiger partial charge < -0.3 is 4.90 Å². The lowest BCUT2D eigenvalue weighted by atomic mass is 9.96. The number of piperidine rings is 1. The highest BCUT2D eigenvalue weighted by atomic mass is 19.4. The van der Waals surface area contributed by atoms with E-state index in [1.807, 2.05) is 0 Å². The number of amides is 1. The van der Waals surface area contributed by atoms with Crippen molar-refractivity contribution < 1.29 is 18.0 Å². The van der Waals surface area contributed by atoms with E-state index in [1.54, 1.807) is 18.3 Å². The Balaban J connectivity index is 1.96. The maximum atomic E-state index is 12.5. The van der Waals surface area contributed by atoms with Crippen LogP contribution in [0.5, 0.6) is 0 Å². The highest BCUT2D eigenvalue weighted by molar-refractivity contribution is 5.93. The van der Waals surface area contributed by atoms with Crippen molar-refractivity contribution in [3.63, 3.8) is 0 Å². The van der Waals surface area contributed by atoms with Crippen molar-refractivity contribution >= 4 is 5.91 Å². The van der Waals surface area contributed by atoms with E-state index in [9.17, 15) is 18.0 Å². The molecule has 0 aromatic carbocycles. The molecule has 1 aromatic rings. The Labute approximate surface area is 103 Å². The number of carbonyl (C=O) groups excluding carboxylic acids is 1. The van der Waals surface area contributed by atoms with Gasteiger partial charge in [0.15, 0.2) is 0 Å². The molecule has 0 spiro atoms. The monoisotopic (exact) mass is 258 g/mol. The number of alkyl halides is 3. The van der Waals surface area contributed by atoms with Crippen LogP contribution in [0, 0.1) is 5.92 Å². The van der Waals surface area contributed by atoms with Gasteiger partial charge in [0.05, 0.1) is 11.5 Å². The first-order valence-corrected chi connectivity index (χ1v) is 5.74. The van der Waals surface area contributed by atoms with Crippen LogP contribution in [-0.2, 0) is 0 Å². The summed E-state index contributed by atoms with van der Waals surface area (Å²) < 4.78 is 37.4. The third-order valence-electron chi connectivity index (χ3n) is 3.15. The lowest BCUT2D eigenvalue weighted by molar-refractivity contribution is -0.183. The fourth-order valence-corrected chi connectivity index (χ4v) is 2.08. The number of halogens is 3. The molecule has 2 rings (SSSR count). The molecule has 1 amide bonds. The molecular weight excluding hydrogens is 245 g/mol. The number of aromatic nitrogens is 1. The Hall–Kier alpha value is -1.59. The molecule has 98 valence electrons. The van der Waals surface area contributed by atoms with Gasteiger partial charge in [-0.3, -0.25) is 9.78 Å². The average Bonchev–Trinajstić information content (AvgIpc) is 2.38. The van der Waals surface area contributed by atoms with Crippen molar-refractivity contribution in [1.82, 2.24) is 9.88 Å². The average molecular weight is 258 g/mol. The molecule has 2 heterocycles. The molecule has 1 fully saturated rings. The topological polar surface area (TPSA) is 33.2 Å². The summed E-state index contributed by atoms with van der Waals surface area (Å²) in [7, 11) is 0. The Kier molecular flexibility index (Phi) is 3.54. The number of hydrogen-bond donors (Lipinski definition) is 0. The quantitative estimate of drug-likeness (QED) is 0.775. The van der Waals surface area contributed by atoms with Gasteiger partial charge in [-0.1, -0.05) is 0 Å². The highest BCUT2D eigenvalue weighted by Gasteiger charge is 2.41. The molecule has 0 N–H and O–H groups in total. The zero-order valence-electron chi connectivity index (χ0n) is 9.65. The van der Waals surface area contributed by atoms with Gasteiger partial charge in [0, 0.05) is 25.5 Å². The molecule has 3 nitrogen and oxygen atoms in total. The number of rotatable bonds is 1. The van der Waals surface area contributed by atoms with Crippen LogP contribution >= 0.6 is 0 Å². The molecule has 1 aromatic heterocycles. The Morgan fingerprint density at radius 3 is 2.50 bits per heavy atom. The summed E-state index contributed by atoms with van der Waals surface area (Å²) in [5.41, 5.74) is 0.419. The number of nitrogens with zero attached hydrogens (tertiary/aromatic N) is 2. The third-order valence-corrected chi connectivity index (χ3v) is 3.15. The number of likely N-dealkylation sites (tertiary alicyclic amines) is 1. The standard InChI is InChI=1S/C12H13F3N2O/c13-12(14,15)10-3-6-17(7-4-10)11(18)9-2-1-5-16-8-9/h1-2,5,8,10H,3-4,6-7H2. The summed E-state index contributed by atoms with van der Waals surface area (Å²) in [6, 6.07) is 3.25. The molecule has 0 saturated carbocycles. The fourth-order valence-electron chi connectivity index (χ4n) is 2.08. The van der Waals surface area contributed by atoms with Crippen molar-refractivity contribution in [2.24, 2.45) is 5.92 Å². The maximum Gasteiger partial charge on any atom is 0.391 e. The second-order valence-electron chi connectivity index (χ2n) is 4.35. The lowest BCUT2D eigenvalue weighted by Gasteiger charge is -2.32. The van der Waals surface area contributed by atoms with Gasteiger partial charge in [0.25, 0.3) is 5.91 Å². The van der Waals surface area contributed by atoms with E-state index in [0.717, 1.165) is 0 Å². The van der Waals surface area contributed by atoms with E-state index in [1.165, 1.54) is 11.1 Å². The molecule has 6 heteroatoms.